The van der Waals surface area contributed by atoms with E-state index in [1.807, 2.05) is 25.3 Å². The SMILES string of the molecule is CC(C)(C)n1c(CN)nnc1-c1c(F)cccc1Cl. The second-order valence-corrected chi connectivity index (χ2v) is 5.65. The van der Waals surface area contributed by atoms with Crippen LogP contribution in [0.4, 0.5) is 4.39 Å². The largest absolute Gasteiger partial charge is 0.324 e. The minimum Gasteiger partial charge on any atom is -0.324 e. The number of hydrogen-bond acceptors (Lipinski definition) is 3. The smallest absolute Gasteiger partial charge is 0.168 e. The van der Waals surface area contributed by atoms with Crippen molar-refractivity contribution in [3.05, 3.63) is 34.9 Å². The fourth-order valence-electron chi connectivity index (χ4n) is 2.03. The van der Waals surface area contributed by atoms with Gasteiger partial charge in [-0.3, -0.25) is 0 Å². The number of aromatic nitrogens is 3. The summed E-state index contributed by atoms with van der Waals surface area (Å²) in [6.07, 6.45) is 0. The average molecular weight is 283 g/mol. The zero-order valence-electron chi connectivity index (χ0n) is 11.1. The number of nitrogens with two attached hydrogens (primary N) is 1. The van der Waals surface area contributed by atoms with Gasteiger partial charge in [-0.2, -0.15) is 0 Å². The van der Waals surface area contributed by atoms with E-state index in [9.17, 15) is 4.39 Å². The van der Waals surface area contributed by atoms with Gasteiger partial charge in [-0.15, -0.1) is 10.2 Å². The van der Waals surface area contributed by atoms with Gasteiger partial charge in [-0.1, -0.05) is 17.7 Å². The first-order chi connectivity index (χ1) is 8.86. The number of hydrogen-bond donors (Lipinski definition) is 1. The lowest BCUT2D eigenvalue weighted by atomic mass is 10.1. The molecular weight excluding hydrogens is 267 g/mol. The highest BCUT2D eigenvalue weighted by Crippen LogP contribution is 2.32. The van der Waals surface area contributed by atoms with Gasteiger partial charge in [-0.25, -0.2) is 4.39 Å². The van der Waals surface area contributed by atoms with E-state index in [2.05, 4.69) is 10.2 Å². The molecule has 0 aliphatic heterocycles. The van der Waals surface area contributed by atoms with Crippen molar-refractivity contribution in [2.75, 3.05) is 0 Å². The molecule has 0 saturated heterocycles. The first kappa shape index (κ1) is 14.0. The van der Waals surface area contributed by atoms with Crippen LogP contribution >= 0.6 is 11.6 Å². The van der Waals surface area contributed by atoms with Crippen molar-refractivity contribution in [3.8, 4) is 11.4 Å². The molecule has 0 saturated carbocycles. The summed E-state index contributed by atoms with van der Waals surface area (Å²) in [7, 11) is 0. The van der Waals surface area contributed by atoms with Gasteiger partial charge in [0.15, 0.2) is 5.82 Å². The molecule has 2 aromatic rings. The number of rotatable bonds is 2. The summed E-state index contributed by atoms with van der Waals surface area (Å²) in [6, 6.07) is 4.54. The third-order valence-corrected chi connectivity index (χ3v) is 3.08. The molecule has 1 aromatic carbocycles. The zero-order valence-corrected chi connectivity index (χ0v) is 11.9. The Balaban J connectivity index is 2.74. The Labute approximate surface area is 116 Å². The fourth-order valence-corrected chi connectivity index (χ4v) is 2.27. The minimum atomic E-state index is -0.422. The van der Waals surface area contributed by atoms with E-state index in [4.69, 9.17) is 17.3 Å². The molecule has 0 unspecified atom stereocenters. The highest BCUT2D eigenvalue weighted by atomic mass is 35.5. The molecule has 0 radical (unpaired) electrons. The standard InChI is InChI=1S/C13H16ClFN4/c1-13(2,3)19-10(7-16)17-18-12(19)11-8(14)5-4-6-9(11)15/h4-6H,7,16H2,1-3H3. The summed E-state index contributed by atoms with van der Waals surface area (Å²) in [5.74, 6) is 0.576. The zero-order chi connectivity index (χ0) is 14.2. The third kappa shape index (κ3) is 2.48. The third-order valence-electron chi connectivity index (χ3n) is 2.77. The lowest BCUT2D eigenvalue weighted by Crippen LogP contribution is -2.26. The van der Waals surface area contributed by atoms with Crippen molar-refractivity contribution in [3.63, 3.8) is 0 Å². The first-order valence-corrected chi connectivity index (χ1v) is 6.33. The summed E-state index contributed by atoms with van der Waals surface area (Å²) in [5.41, 5.74) is 5.60. The van der Waals surface area contributed by atoms with Crippen LogP contribution in [0.25, 0.3) is 11.4 Å². The summed E-state index contributed by atoms with van der Waals surface area (Å²) in [4.78, 5) is 0. The van der Waals surface area contributed by atoms with Crippen LogP contribution in [-0.4, -0.2) is 14.8 Å². The lowest BCUT2D eigenvalue weighted by molar-refractivity contribution is 0.386. The average Bonchev–Trinajstić information content (AvgIpc) is 2.72. The van der Waals surface area contributed by atoms with Gasteiger partial charge >= 0.3 is 0 Å². The van der Waals surface area contributed by atoms with Gasteiger partial charge < -0.3 is 10.3 Å². The van der Waals surface area contributed by atoms with Crippen molar-refractivity contribution in [2.24, 2.45) is 5.73 Å². The van der Waals surface area contributed by atoms with Gasteiger partial charge in [-0.05, 0) is 32.9 Å². The monoisotopic (exact) mass is 282 g/mol. The van der Waals surface area contributed by atoms with E-state index < -0.39 is 5.82 Å². The topological polar surface area (TPSA) is 56.7 Å². The summed E-state index contributed by atoms with van der Waals surface area (Å²) < 4.78 is 15.8. The van der Waals surface area contributed by atoms with Gasteiger partial charge in [0.05, 0.1) is 17.1 Å². The highest BCUT2D eigenvalue weighted by molar-refractivity contribution is 6.33. The lowest BCUT2D eigenvalue weighted by Gasteiger charge is -2.25. The van der Waals surface area contributed by atoms with Crippen LogP contribution in [0, 0.1) is 5.82 Å². The molecule has 4 nitrogen and oxygen atoms in total. The molecule has 0 amide bonds. The maximum Gasteiger partial charge on any atom is 0.168 e. The molecule has 0 fully saturated rings. The molecule has 1 aromatic heterocycles. The van der Waals surface area contributed by atoms with Crippen LogP contribution in [-0.2, 0) is 12.1 Å². The van der Waals surface area contributed by atoms with Gasteiger partial charge in [0.25, 0.3) is 0 Å². The molecule has 19 heavy (non-hydrogen) atoms. The molecule has 2 N–H and O–H groups in total. The number of halogens is 2. The molecule has 0 atom stereocenters. The van der Waals surface area contributed by atoms with Gasteiger partial charge in [0.2, 0.25) is 0 Å². The van der Waals surface area contributed by atoms with Crippen LogP contribution in [0.15, 0.2) is 18.2 Å². The Hall–Kier alpha value is -1.46. The Morgan fingerprint density at radius 3 is 2.53 bits per heavy atom. The normalized spacial score (nSPS) is 11.9. The highest BCUT2D eigenvalue weighted by Gasteiger charge is 2.26. The molecule has 6 heteroatoms. The first-order valence-electron chi connectivity index (χ1n) is 5.95. The molecule has 2 rings (SSSR count). The van der Waals surface area contributed by atoms with Crippen molar-refractivity contribution >= 4 is 11.6 Å². The van der Waals surface area contributed by atoms with E-state index in [1.165, 1.54) is 6.07 Å². The van der Waals surface area contributed by atoms with Gasteiger partial charge in [0, 0.05) is 5.54 Å². The minimum absolute atomic E-state index is 0.232. The molecule has 0 aliphatic carbocycles. The Morgan fingerprint density at radius 1 is 1.32 bits per heavy atom. The molecular formula is C13H16ClFN4. The van der Waals surface area contributed by atoms with Crippen LogP contribution in [0.2, 0.25) is 5.02 Å². The van der Waals surface area contributed by atoms with Crippen LogP contribution in [0.1, 0.15) is 26.6 Å². The molecule has 0 spiro atoms. The van der Waals surface area contributed by atoms with E-state index in [0.29, 0.717) is 16.7 Å². The molecule has 102 valence electrons. The van der Waals surface area contributed by atoms with E-state index in [0.717, 1.165) is 0 Å². The Kier molecular flexibility index (Phi) is 3.60. The van der Waals surface area contributed by atoms with Crippen LogP contribution in [0.3, 0.4) is 0 Å². The maximum absolute atomic E-state index is 14.0. The van der Waals surface area contributed by atoms with E-state index in [1.54, 1.807) is 12.1 Å². The van der Waals surface area contributed by atoms with Crippen molar-refractivity contribution in [1.29, 1.82) is 0 Å². The molecule has 1 heterocycles. The second-order valence-electron chi connectivity index (χ2n) is 5.25. The number of benzene rings is 1. The molecule has 0 aliphatic rings. The Morgan fingerprint density at radius 2 is 2.00 bits per heavy atom. The van der Waals surface area contributed by atoms with E-state index in [-0.39, 0.29) is 17.6 Å². The quantitative estimate of drug-likeness (QED) is 0.921. The maximum atomic E-state index is 14.0. The second kappa shape index (κ2) is 4.90. The van der Waals surface area contributed by atoms with Crippen LogP contribution in [0.5, 0.6) is 0 Å². The number of nitrogens with zero attached hydrogens (tertiary/aromatic N) is 3. The summed E-state index contributed by atoms with van der Waals surface area (Å²) in [5, 5.41) is 8.38. The van der Waals surface area contributed by atoms with Crippen molar-refractivity contribution < 1.29 is 4.39 Å². The van der Waals surface area contributed by atoms with Crippen molar-refractivity contribution in [1.82, 2.24) is 14.8 Å². The fraction of sp³-hybridized carbons (Fsp3) is 0.385. The summed E-state index contributed by atoms with van der Waals surface area (Å²) >= 11 is 6.09. The predicted molar refractivity (Wildman–Crippen MR) is 73.3 cm³/mol. The summed E-state index contributed by atoms with van der Waals surface area (Å²) in [6.45, 7) is 6.17. The van der Waals surface area contributed by atoms with E-state index >= 15 is 0 Å². The van der Waals surface area contributed by atoms with Gasteiger partial charge in [0.1, 0.15) is 11.6 Å². The predicted octanol–water partition coefficient (Wildman–Crippen LogP) is 2.95. The van der Waals surface area contributed by atoms with Crippen LogP contribution < -0.4 is 5.73 Å². The van der Waals surface area contributed by atoms with Crippen molar-refractivity contribution in [2.45, 2.75) is 32.9 Å². The Bertz CT molecular complexity index is 581. The molecule has 0 bridgehead atoms.